The number of ether oxygens (including phenoxy) is 1. The topological polar surface area (TPSA) is 55.6 Å². The normalized spacial score (nSPS) is 26.4. The molecule has 0 amide bonds. The van der Waals surface area contributed by atoms with Gasteiger partial charge in [0.25, 0.3) is 0 Å². The number of hydrogen-bond donors (Lipinski definition) is 1. The van der Waals surface area contributed by atoms with Gasteiger partial charge in [-0.3, -0.25) is 0 Å². The van der Waals surface area contributed by atoms with Crippen LogP contribution in [0.1, 0.15) is 37.6 Å². The smallest absolute Gasteiger partial charge is 0.340 e. The Kier molecular flexibility index (Phi) is 4.21. The van der Waals surface area contributed by atoms with Crippen molar-refractivity contribution in [3.63, 3.8) is 0 Å². The van der Waals surface area contributed by atoms with Crippen molar-refractivity contribution < 1.29 is 9.53 Å². The Morgan fingerprint density at radius 3 is 2.70 bits per heavy atom. The second-order valence-corrected chi connectivity index (χ2v) is 5.95. The SMILES string of the molecule is COC(=O)c1cccc(N)c1N1CC(C)CC(C)C1C. The Morgan fingerprint density at radius 1 is 1.35 bits per heavy atom. The van der Waals surface area contributed by atoms with E-state index < -0.39 is 0 Å². The molecule has 110 valence electrons. The highest BCUT2D eigenvalue weighted by Gasteiger charge is 2.32. The molecule has 3 unspecified atom stereocenters. The van der Waals surface area contributed by atoms with Crippen molar-refractivity contribution in [1.82, 2.24) is 0 Å². The molecule has 1 aromatic carbocycles. The lowest BCUT2D eigenvalue weighted by molar-refractivity contribution is 0.0601. The summed E-state index contributed by atoms with van der Waals surface area (Å²) in [6.07, 6.45) is 1.21. The lowest BCUT2D eigenvalue weighted by Gasteiger charge is -2.43. The minimum Gasteiger partial charge on any atom is -0.465 e. The van der Waals surface area contributed by atoms with E-state index in [1.54, 1.807) is 12.1 Å². The summed E-state index contributed by atoms with van der Waals surface area (Å²) in [6.45, 7) is 7.62. The van der Waals surface area contributed by atoms with Gasteiger partial charge >= 0.3 is 5.97 Å². The van der Waals surface area contributed by atoms with E-state index in [0.29, 0.717) is 29.1 Å². The summed E-state index contributed by atoms with van der Waals surface area (Å²) in [5.74, 6) is 0.834. The number of para-hydroxylation sites is 1. The Balaban J connectivity index is 2.47. The minimum absolute atomic E-state index is 0.328. The molecule has 20 heavy (non-hydrogen) atoms. The van der Waals surface area contributed by atoms with Crippen LogP contribution in [0, 0.1) is 11.8 Å². The van der Waals surface area contributed by atoms with Crippen molar-refractivity contribution in [3.05, 3.63) is 23.8 Å². The molecule has 1 aliphatic rings. The largest absolute Gasteiger partial charge is 0.465 e. The average molecular weight is 276 g/mol. The summed E-state index contributed by atoms with van der Waals surface area (Å²) in [5, 5.41) is 0. The van der Waals surface area contributed by atoms with Crippen molar-refractivity contribution in [2.24, 2.45) is 11.8 Å². The average Bonchev–Trinajstić information content (AvgIpc) is 2.42. The first-order valence-corrected chi connectivity index (χ1v) is 7.19. The van der Waals surface area contributed by atoms with E-state index in [9.17, 15) is 4.79 Å². The van der Waals surface area contributed by atoms with Crippen LogP contribution in [0.4, 0.5) is 11.4 Å². The van der Waals surface area contributed by atoms with Gasteiger partial charge in [0.1, 0.15) is 0 Å². The first-order valence-electron chi connectivity index (χ1n) is 7.19. The number of benzene rings is 1. The third kappa shape index (κ3) is 2.60. The number of hydrogen-bond acceptors (Lipinski definition) is 4. The molecular weight excluding hydrogens is 252 g/mol. The van der Waals surface area contributed by atoms with Crippen molar-refractivity contribution in [3.8, 4) is 0 Å². The van der Waals surface area contributed by atoms with Gasteiger partial charge in [0, 0.05) is 12.6 Å². The number of nitrogens with two attached hydrogens (primary N) is 1. The number of anilines is 2. The number of piperidine rings is 1. The fraction of sp³-hybridized carbons (Fsp3) is 0.562. The molecule has 1 aliphatic heterocycles. The highest BCUT2D eigenvalue weighted by Crippen LogP contribution is 2.36. The van der Waals surface area contributed by atoms with E-state index in [4.69, 9.17) is 10.5 Å². The van der Waals surface area contributed by atoms with E-state index in [1.165, 1.54) is 13.5 Å². The molecule has 0 bridgehead atoms. The van der Waals surface area contributed by atoms with Crippen LogP contribution in [0.25, 0.3) is 0 Å². The number of nitrogens with zero attached hydrogens (tertiary/aromatic N) is 1. The highest BCUT2D eigenvalue weighted by molar-refractivity contribution is 5.99. The predicted octanol–water partition coefficient (Wildman–Crippen LogP) is 2.93. The van der Waals surface area contributed by atoms with Crippen LogP contribution in [0.2, 0.25) is 0 Å². The van der Waals surface area contributed by atoms with Crippen LogP contribution in [-0.4, -0.2) is 25.7 Å². The van der Waals surface area contributed by atoms with Gasteiger partial charge < -0.3 is 15.4 Å². The molecule has 3 atom stereocenters. The van der Waals surface area contributed by atoms with Gasteiger partial charge in [0.05, 0.1) is 24.0 Å². The molecule has 2 N–H and O–H groups in total. The molecule has 0 spiro atoms. The number of carbonyl (C=O) groups is 1. The number of carbonyl (C=O) groups excluding carboxylic acids is 1. The summed E-state index contributed by atoms with van der Waals surface area (Å²) in [6, 6.07) is 5.79. The first kappa shape index (κ1) is 14.7. The first-order chi connectivity index (χ1) is 9.45. The zero-order valence-corrected chi connectivity index (χ0v) is 12.7. The molecule has 0 saturated carbocycles. The zero-order valence-electron chi connectivity index (χ0n) is 12.7. The second kappa shape index (κ2) is 5.73. The molecule has 1 aromatic rings. The Labute approximate surface area is 120 Å². The number of rotatable bonds is 2. The van der Waals surface area contributed by atoms with Crippen LogP contribution in [0.5, 0.6) is 0 Å². The summed E-state index contributed by atoms with van der Waals surface area (Å²) in [7, 11) is 1.40. The maximum Gasteiger partial charge on any atom is 0.340 e. The highest BCUT2D eigenvalue weighted by atomic mass is 16.5. The summed E-state index contributed by atoms with van der Waals surface area (Å²) in [4.78, 5) is 14.3. The second-order valence-electron chi connectivity index (χ2n) is 5.95. The molecule has 0 radical (unpaired) electrons. The van der Waals surface area contributed by atoms with Crippen molar-refractivity contribution in [2.75, 3.05) is 24.3 Å². The Hall–Kier alpha value is -1.71. The van der Waals surface area contributed by atoms with Crippen LogP contribution >= 0.6 is 0 Å². The Morgan fingerprint density at radius 2 is 2.05 bits per heavy atom. The van der Waals surface area contributed by atoms with Crippen molar-refractivity contribution in [1.29, 1.82) is 0 Å². The van der Waals surface area contributed by atoms with Gasteiger partial charge in [-0.25, -0.2) is 4.79 Å². The molecule has 2 rings (SSSR count). The van der Waals surface area contributed by atoms with Gasteiger partial charge in [0.15, 0.2) is 0 Å². The van der Waals surface area contributed by atoms with E-state index in [-0.39, 0.29) is 5.97 Å². The molecule has 1 fully saturated rings. The molecule has 0 aliphatic carbocycles. The number of methoxy groups -OCH3 is 1. The standard InChI is InChI=1S/C16H24N2O2/c1-10-8-11(2)12(3)18(9-10)15-13(16(19)20-4)6-5-7-14(15)17/h5-7,10-12H,8-9,17H2,1-4H3. The fourth-order valence-electron chi connectivity index (χ4n) is 3.17. The quantitative estimate of drug-likeness (QED) is 0.666. The molecule has 0 aromatic heterocycles. The van der Waals surface area contributed by atoms with E-state index >= 15 is 0 Å². The van der Waals surface area contributed by atoms with E-state index in [0.717, 1.165) is 12.2 Å². The molecule has 1 heterocycles. The lowest BCUT2D eigenvalue weighted by atomic mass is 9.85. The van der Waals surface area contributed by atoms with Gasteiger partial charge in [0.2, 0.25) is 0 Å². The van der Waals surface area contributed by atoms with Crippen LogP contribution in [-0.2, 0) is 4.74 Å². The van der Waals surface area contributed by atoms with Crippen molar-refractivity contribution in [2.45, 2.75) is 33.2 Å². The van der Waals surface area contributed by atoms with Crippen molar-refractivity contribution >= 4 is 17.3 Å². The van der Waals surface area contributed by atoms with Gasteiger partial charge in [-0.2, -0.15) is 0 Å². The van der Waals surface area contributed by atoms with Crippen LogP contribution in [0.15, 0.2) is 18.2 Å². The van der Waals surface area contributed by atoms with E-state index in [1.807, 2.05) is 6.07 Å². The van der Waals surface area contributed by atoms with Gasteiger partial charge in [-0.1, -0.05) is 19.9 Å². The minimum atomic E-state index is -0.328. The van der Waals surface area contributed by atoms with Crippen LogP contribution in [0.3, 0.4) is 0 Å². The lowest BCUT2D eigenvalue weighted by Crippen LogP contribution is -2.46. The Bertz CT molecular complexity index is 501. The maximum atomic E-state index is 12.0. The van der Waals surface area contributed by atoms with Gasteiger partial charge in [-0.15, -0.1) is 0 Å². The predicted molar refractivity (Wildman–Crippen MR) is 81.9 cm³/mol. The number of esters is 1. The maximum absolute atomic E-state index is 12.0. The van der Waals surface area contributed by atoms with E-state index in [2.05, 4.69) is 25.7 Å². The molecule has 4 nitrogen and oxygen atoms in total. The summed E-state index contributed by atoms with van der Waals surface area (Å²) < 4.78 is 4.89. The fourth-order valence-corrected chi connectivity index (χ4v) is 3.17. The monoisotopic (exact) mass is 276 g/mol. The third-order valence-electron chi connectivity index (χ3n) is 4.36. The summed E-state index contributed by atoms with van der Waals surface area (Å²) in [5.41, 5.74) is 8.17. The van der Waals surface area contributed by atoms with Crippen LogP contribution < -0.4 is 10.6 Å². The van der Waals surface area contributed by atoms with Gasteiger partial charge in [-0.05, 0) is 37.3 Å². The molecular formula is C16H24N2O2. The molecule has 4 heteroatoms. The third-order valence-corrected chi connectivity index (χ3v) is 4.36. The molecule has 1 saturated heterocycles. The zero-order chi connectivity index (χ0) is 14.9. The number of nitrogen functional groups attached to an aromatic ring is 1. The summed E-state index contributed by atoms with van der Waals surface area (Å²) >= 11 is 0.